The summed E-state index contributed by atoms with van der Waals surface area (Å²) in [6.45, 7) is 1.19. The van der Waals surface area contributed by atoms with Gasteiger partial charge in [-0.25, -0.2) is 0 Å². The molecule has 0 saturated carbocycles. The Labute approximate surface area is 45.0 Å². The second kappa shape index (κ2) is 1.20. The Hall–Kier alpha value is -0.200. The molecule has 0 aromatic rings. The third-order valence-corrected chi connectivity index (χ3v) is 0.943. The molecule has 1 aliphatic heterocycles. The van der Waals surface area contributed by atoms with Crippen LogP contribution < -0.4 is 0 Å². The molecule has 1 saturated heterocycles. The van der Waals surface area contributed by atoms with Crippen LogP contribution in [0.1, 0.15) is 6.92 Å². The SMILES string of the molecule is CC1(C(O)(O)O)OO1. The summed E-state index contributed by atoms with van der Waals surface area (Å²) in [6, 6.07) is 0. The van der Waals surface area contributed by atoms with Crippen LogP contribution in [0.15, 0.2) is 0 Å². The molecule has 0 amide bonds. The second-order valence-electron chi connectivity index (χ2n) is 1.75. The first-order valence-electron chi connectivity index (χ1n) is 2.00. The van der Waals surface area contributed by atoms with E-state index < -0.39 is 11.8 Å². The van der Waals surface area contributed by atoms with Gasteiger partial charge in [0.25, 0.3) is 0 Å². The highest BCUT2D eigenvalue weighted by Crippen LogP contribution is 2.36. The molecule has 0 atom stereocenters. The average Bonchev–Trinajstić information content (AvgIpc) is 2.16. The zero-order valence-corrected chi connectivity index (χ0v) is 4.16. The van der Waals surface area contributed by atoms with Gasteiger partial charge in [0.05, 0.1) is 0 Å². The Morgan fingerprint density at radius 2 is 1.62 bits per heavy atom. The van der Waals surface area contributed by atoms with Gasteiger partial charge in [-0.3, -0.25) is 0 Å². The zero-order valence-electron chi connectivity index (χ0n) is 4.16. The zero-order chi connectivity index (χ0) is 6.41. The Bertz CT molecular complexity index is 95.5. The maximum absolute atomic E-state index is 8.28. The van der Waals surface area contributed by atoms with Gasteiger partial charge in [0, 0.05) is 6.92 Å². The molecule has 1 fully saturated rings. The highest BCUT2D eigenvalue weighted by atomic mass is 17.4. The summed E-state index contributed by atoms with van der Waals surface area (Å²) in [7, 11) is 0. The first-order valence-corrected chi connectivity index (χ1v) is 2.00. The van der Waals surface area contributed by atoms with Gasteiger partial charge in [0.1, 0.15) is 0 Å². The fourth-order valence-electron chi connectivity index (χ4n) is 0.174. The third kappa shape index (κ3) is 0.702. The molecule has 3 N–H and O–H groups in total. The number of hydrogen-bond donors (Lipinski definition) is 3. The topological polar surface area (TPSA) is 85.8 Å². The normalized spacial score (nSPS) is 25.5. The van der Waals surface area contributed by atoms with Gasteiger partial charge in [-0.15, -0.1) is 0 Å². The fraction of sp³-hybridized carbons (Fsp3) is 1.00. The van der Waals surface area contributed by atoms with E-state index in [0.717, 1.165) is 0 Å². The van der Waals surface area contributed by atoms with E-state index in [2.05, 4.69) is 9.78 Å². The van der Waals surface area contributed by atoms with E-state index in [1.54, 1.807) is 0 Å². The van der Waals surface area contributed by atoms with Crippen molar-refractivity contribution in [3.8, 4) is 0 Å². The highest BCUT2D eigenvalue weighted by molar-refractivity contribution is 4.74. The lowest BCUT2D eigenvalue weighted by atomic mass is 10.3. The minimum absolute atomic E-state index is 1.19. The van der Waals surface area contributed by atoms with E-state index in [1.807, 2.05) is 0 Å². The van der Waals surface area contributed by atoms with Crippen LogP contribution in [0.5, 0.6) is 0 Å². The Morgan fingerprint density at radius 1 is 1.25 bits per heavy atom. The molecular weight excluding hydrogens is 116 g/mol. The van der Waals surface area contributed by atoms with Crippen molar-refractivity contribution in [3.63, 3.8) is 0 Å². The lowest BCUT2D eigenvalue weighted by Gasteiger charge is -2.12. The summed E-state index contributed by atoms with van der Waals surface area (Å²) in [5.74, 6) is -4.54. The molecule has 1 heterocycles. The van der Waals surface area contributed by atoms with Crippen molar-refractivity contribution in [1.29, 1.82) is 0 Å². The van der Waals surface area contributed by atoms with E-state index in [-0.39, 0.29) is 0 Å². The molecule has 8 heavy (non-hydrogen) atoms. The monoisotopic (exact) mass is 122 g/mol. The maximum atomic E-state index is 8.28. The van der Waals surface area contributed by atoms with Crippen LogP contribution in [0.3, 0.4) is 0 Å². The van der Waals surface area contributed by atoms with Crippen LogP contribution in [-0.4, -0.2) is 27.1 Å². The maximum Gasteiger partial charge on any atom is 0.338 e. The molecule has 48 valence electrons. The van der Waals surface area contributed by atoms with Crippen LogP contribution >= 0.6 is 0 Å². The van der Waals surface area contributed by atoms with Gasteiger partial charge in [-0.1, -0.05) is 0 Å². The van der Waals surface area contributed by atoms with E-state index >= 15 is 0 Å². The molecule has 1 rings (SSSR count). The van der Waals surface area contributed by atoms with Crippen LogP contribution in [0.2, 0.25) is 0 Å². The van der Waals surface area contributed by atoms with Gasteiger partial charge in [0.15, 0.2) is 0 Å². The summed E-state index contributed by atoms with van der Waals surface area (Å²) in [5.41, 5.74) is 0. The lowest BCUT2D eigenvalue weighted by Crippen LogP contribution is -2.42. The summed E-state index contributed by atoms with van der Waals surface area (Å²) in [5, 5.41) is 24.8. The number of aliphatic hydroxyl groups is 3. The fourth-order valence-corrected chi connectivity index (χ4v) is 0.174. The Morgan fingerprint density at radius 3 is 1.62 bits per heavy atom. The molecule has 5 heteroatoms. The van der Waals surface area contributed by atoms with Gasteiger partial charge in [-0.2, -0.15) is 9.78 Å². The summed E-state index contributed by atoms with van der Waals surface area (Å²) in [4.78, 5) is 8.02. The molecule has 5 nitrogen and oxygen atoms in total. The molecule has 0 aromatic heterocycles. The second-order valence-corrected chi connectivity index (χ2v) is 1.75. The minimum atomic E-state index is -2.90. The predicted molar refractivity (Wildman–Crippen MR) is 20.0 cm³/mol. The summed E-state index contributed by atoms with van der Waals surface area (Å²) < 4.78 is 0. The quantitative estimate of drug-likeness (QED) is 0.219. The van der Waals surface area contributed by atoms with Crippen molar-refractivity contribution in [2.24, 2.45) is 0 Å². The van der Waals surface area contributed by atoms with Crippen molar-refractivity contribution in [3.05, 3.63) is 0 Å². The van der Waals surface area contributed by atoms with Crippen LogP contribution in [0.25, 0.3) is 0 Å². The van der Waals surface area contributed by atoms with Crippen LogP contribution in [-0.2, 0) is 9.78 Å². The van der Waals surface area contributed by atoms with E-state index in [9.17, 15) is 0 Å². The first kappa shape index (κ1) is 5.93. The molecular formula is C3H6O5. The van der Waals surface area contributed by atoms with Crippen molar-refractivity contribution < 1.29 is 25.1 Å². The largest absolute Gasteiger partial charge is 0.339 e. The lowest BCUT2D eigenvalue weighted by molar-refractivity contribution is -0.348. The predicted octanol–water partition coefficient (Wildman–Crippen LogP) is -1.70. The van der Waals surface area contributed by atoms with Gasteiger partial charge in [0.2, 0.25) is 0 Å². The molecule has 0 aromatic carbocycles. The number of hydrogen-bond acceptors (Lipinski definition) is 5. The van der Waals surface area contributed by atoms with Crippen molar-refractivity contribution >= 4 is 0 Å². The molecule has 0 unspecified atom stereocenters. The highest BCUT2D eigenvalue weighted by Gasteiger charge is 2.61. The van der Waals surface area contributed by atoms with Crippen molar-refractivity contribution in [1.82, 2.24) is 0 Å². The Kier molecular flexibility index (Phi) is 0.890. The van der Waals surface area contributed by atoms with Gasteiger partial charge < -0.3 is 15.3 Å². The molecule has 1 aliphatic rings. The average molecular weight is 122 g/mol. The smallest absolute Gasteiger partial charge is 0.338 e. The van der Waals surface area contributed by atoms with E-state index in [1.165, 1.54) is 6.92 Å². The third-order valence-electron chi connectivity index (χ3n) is 0.943. The van der Waals surface area contributed by atoms with E-state index in [0.29, 0.717) is 0 Å². The van der Waals surface area contributed by atoms with Crippen LogP contribution in [0, 0.1) is 0 Å². The number of rotatable bonds is 1. The van der Waals surface area contributed by atoms with E-state index in [4.69, 9.17) is 15.3 Å². The molecule has 0 bridgehead atoms. The standard InChI is InChI=1S/C3H6O5/c1-2(7-8-2)3(4,5)6/h4-6H,1H3. The summed E-state index contributed by atoms with van der Waals surface area (Å²) >= 11 is 0. The van der Waals surface area contributed by atoms with Crippen molar-refractivity contribution in [2.75, 3.05) is 0 Å². The molecule has 0 spiro atoms. The summed E-state index contributed by atoms with van der Waals surface area (Å²) in [6.07, 6.45) is 0. The van der Waals surface area contributed by atoms with Gasteiger partial charge >= 0.3 is 11.8 Å². The molecule has 0 aliphatic carbocycles. The van der Waals surface area contributed by atoms with Crippen LogP contribution in [0.4, 0.5) is 0 Å². The van der Waals surface area contributed by atoms with Gasteiger partial charge in [-0.05, 0) is 0 Å². The molecule has 0 radical (unpaired) electrons. The minimum Gasteiger partial charge on any atom is -0.339 e. The first-order chi connectivity index (χ1) is 3.46. The Balaban J connectivity index is 2.58. The van der Waals surface area contributed by atoms with Crippen molar-refractivity contribution in [2.45, 2.75) is 18.7 Å².